The van der Waals surface area contributed by atoms with Crippen LogP contribution in [-0.2, 0) is 9.47 Å². The lowest BCUT2D eigenvalue weighted by Gasteiger charge is -2.29. The van der Waals surface area contributed by atoms with Crippen LogP contribution in [0, 0.1) is 0 Å². The highest BCUT2D eigenvalue weighted by molar-refractivity contribution is 5.87. The average Bonchev–Trinajstić information content (AvgIpc) is 3.22. The highest BCUT2D eigenvalue weighted by atomic mass is 16.5. The molecule has 2 saturated heterocycles. The number of anilines is 4. The molecule has 3 aromatic rings. The first kappa shape index (κ1) is 20.0. The Morgan fingerprint density at radius 3 is 2.16 bits per heavy atom. The van der Waals surface area contributed by atoms with E-state index in [2.05, 4.69) is 67.8 Å². The van der Waals surface area contributed by atoms with E-state index in [9.17, 15) is 0 Å². The van der Waals surface area contributed by atoms with Gasteiger partial charge in [-0.15, -0.1) is 0 Å². The minimum Gasteiger partial charge on any atom is -0.378 e. The zero-order valence-corrected chi connectivity index (χ0v) is 18.1. The molecular weight excluding hydrogens is 394 g/mol. The van der Waals surface area contributed by atoms with E-state index in [4.69, 9.17) is 14.5 Å². The number of benzene rings is 1. The van der Waals surface area contributed by atoms with Gasteiger partial charge in [-0.25, -0.2) is 15.0 Å². The van der Waals surface area contributed by atoms with Gasteiger partial charge in [-0.2, -0.15) is 0 Å². The monoisotopic (exact) mass is 423 g/mol. The van der Waals surface area contributed by atoms with Crippen LogP contribution >= 0.6 is 0 Å². The number of aromatic nitrogens is 4. The normalized spacial score (nSPS) is 17.5. The Bertz CT molecular complexity index is 1020. The molecule has 0 aliphatic carbocycles. The number of nitrogens with one attached hydrogen (secondary N) is 1. The molecule has 0 saturated carbocycles. The third-order valence-corrected chi connectivity index (χ3v) is 5.78. The fraction of sp³-hybridized carbons (Fsp3) is 0.500. The van der Waals surface area contributed by atoms with E-state index in [1.165, 1.54) is 5.69 Å². The fourth-order valence-corrected chi connectivity index (χ4v) is 4.16. The number of imidazole rings is 1. The second kappa shape index (κ2) is 8.68. The predicted molar refractivity (Wildman–Crippen MR) is 121 cm³/mol. The zero-order valence-electron chi connectivity index (χ0n) is 18.1. The Hall–Kier alpha value is -2.91. The largest absolute Gasteiger partial charge is 0.378 e. The average molecular weight is 424 g/mol. The lowest BCUT2D eigenvalue weighted by molar-refractivity contribution is 0.121. The number of hydrogen-bond donors (Lipinski definition) is 1. The molecule has 0 atom stereocenters. The number of hydrogen-bond acceptors (Lipinski definition) is 8. The van der Waals surface area contributed by atoms with E-state index in [0.29, 0.717) is 13.2 Å². The molecule has 31 heavy (non-hydrogen) atoms. The van der Waals surface area contributed by atoms with Crippen LogP contribution in [-0.4, -0.2) is 72.1 Å². The SMILES string of the molecule is CC(C)n1c(N2CCOCC2)nc2c(Nc3ccc(N4CCOCC4)cc3)ncnc21. The van der Waals surface area contributed by atoms with Gasteiger partial charge in [0.2, 0.25) is 5.95 Å². The van der Waals surface area contributed by atoms with Crippen molar-refractivity contribution in [3.63, 3.8) is 0 Å². The summed E-state index contributed by atoms with van der Waals surface area (Å²) in [6.45, 7) is 10.8. The number of fused-ring (bicyclic) bond motifs is 1. The predicted octanol–water partition coefficient (Wildman–Crippen LogP) is 2.82. The van der Waals surface area contributed by atoms with Crippen molar-refractivity contribution in [2.24, 2.45) is 0 Å². The van der Waals surface area contributed by atoms with E-state index in [-0.39, 0.29) is 6.04 Å². The van der Waals surface area contributed by atoms with Gasteiger partial charge in [0.1, 0.15) is 6.33 Å². The Morgan fingerprint density at radius 2 is 1.52 bits per heavy atom. The molecular formula is C22H29N7O2. The summed E-state index contributed by atoms with van der Waals surface area (Å²) in [6, 6.07) is 8.68. The van der Waals surface area contributed by atoms with Crippen molar-refractivity contribution in [3.05, 3.63) is 30.6 Å². The summed E-state index contributed by atoms with van der Waals surface area (Å²) in [5.74, 6) is 1.65. The van der Waals surface area contributed by atoms with Crippen LogP contribution in [0.2, 0.25) is 0 Å². The molecule has 0 unspecified atom stereocenters. The smallest absolute Gasteiger partial charge is 0.208 e. The van der Waals surface area contributed by atoms with E-state index in [1.807, 2.05) is 0 Å². The van der Waals surface area contributed by atoms with Crippen LogP contribution in [0.1, 0.15) is 19.9 Å². The molecule has 164 valence electrons. The molecule has 5 rings (SSSR count). The first-order chi connectivity index (χ1) is 15.2. The van der Waals surface area contributed by atoms with Crippen molar-refractivity contribution < 1.29 is 9.47 Å². The molecule has 0 bridgehead atoms. The summed E-state index contributed by atoms with van der Waals surface area (Å²) in [5, 5.41) is 3.45. The Balaban J connectivity index is 1.44. The first-order valence-electron chi connectivity index (χ1n) is 11.0. The Morgan fingerprint density at radius 1 is 0.871 bits per heavy atom. The lowest BCUT2D eigenvalue weighted by Crippen LogP contribution is -2.38. The topological polar surface area (TPSA) is 80.6 Å². The molecule has 0 radical (unpaired) electrons. The fourth-order valence-electron chi connectivity index (χ4n) is 4.16. The van der Waals surface area contributed by atoms with Gasteiger partial charge in [0, 0.05) is 43.6 Å². The summed E-state index contributed by atoms with van der Waals surface area (Å²) >= 11 is 0. The van der Waals surface area contributed by atoms with E-state index < -0.39 is 0 Å². The third kappa shape index (κ3) is 4.03. The molecule has 0 amide bonds. The molecule has 1 N–H and O–H groups in total. The van der Waals surface area contributed by atoms with Crippen molar-refractivity contribution in [1.29, 1.82) is 0 Å². The van der Waals surface area contributed by atoms with Crippen LogP contribution < -0.4 is 15.1 Å². The standard InChI is InChI=1S/C22H29N7O2/c1-16(2)29-21-19(26-22(29)28-9-13-31-14-10-28)20(23-15-24-21)25-17-3-5-18(6-4-17)27-7-11-30-12-8-27/h3-6,15-16H,7-14H2,1-2H3,(H,23,24,25). The van der Waals surface area contributed by atoms with Gasteiger partial charge in [0.05, 0.1) is 26.4 Å². The molecule has 0 spiro atoms. The zero-order chi connectivity index (χ0) is 21.2. The van der Waals surface area contributed by atoms with Crippen molar-refractivity contribution in [2.45, 2.75) is 19.9 Å². The van der Waals surface area contributed by atoms with Crippen LogP contribution in [0.15, 0.2) is 30.6 Å². The third-order valence-electron chi connectivity index (χ3n) is 5.78. The summed E-state index contributed by atoms with van der Waals surface area (Å²) in [5.41, 5.74) is 3.82. The highest BCUT2D eigenvalue weighted by Crippen LogP contribution is 2.31. The number of morpholine rings is 2. The van der Waals surface area contributed by atoms with Gasteiger partial charge in [-0.05, 0) is 38.1 Å². The van der Waals surface area contributed by atoms with Crippen LogP contribution in [0.25, 0.3) is 11.2 Å². The Kier molecular flexibility index (Phi) is 5.61. The molecule has 2 aliphatic rings. The van der Waals surface area contributed by atoms with Crippen molar-refractivity contribution in [3.8, 4) is 0 Å². The molecule has 2 aliphatic heterocycles. The molecule has 4 heterocycles. The maximum absolute atomic E-state index is 5.52. The van der Waals surface area contributed by atoms with Crippen molar-refractivity contribution in [2.75, 3.05) is 67.7 Å². The van der Waals surface area contributed by atoms with E-state index >= 15 is 0 Å². The van der Waals surface area contributed by atoms with Crippen LogP contribution in [0.3, 0.4) is 0 Å². The minimum absolute atomic E-state index is 0.235. The summed E-state index contributed by atoms with van der Waals surface area (Å²) in [7, 11) is 0. The number of nitrogens with zero attached hydrogens (tertiary/aromatic N) is 6. The maximum atomic E-state index is 5.52. The minimum atomic E-state index is 0.235. The summed E-state index contributed by atoms with van der Waals surface area (Å²) < 4.78 is 13.2. The van der Waals surface area contributed by atoms with Crippen LogP contribution in [0.5, 0.6) is 0 Å². The molecule has 9 nitrogen and oxygen atoms in total. The summed E-state index contributed by atoms with van der Waals surface area (Å²) in [6.07, 6.45) is 1.61. The molecule has 1 aromatic carbocycles. The second-order valence-electron chi connectivity index (χ2n) is 8.14. The van der Waals surface area contributed by atoms with Crippen LogP contribution in [0.4, 0.5) is 23.1 Å². The van der Waals surface area contributed by atoms with E-state index in [1.54, 1.807) is 6.33 Å². The lowest BCUT2D eigenvalue weighted by atomic mass is 10.2. The van der Waals surface area contributed by atoms with Crippen molar-refractivity contribution in [1.82, 2.24) is 19.5 Å². The molecule has 2 aromatic heterocycles. The van der Waals surface area contributed by atoms with Gasteiger partial charge < -0.3 is 24.6 Å². The van der Waals surface area contributed by atoms with Crippen molar-refractivity contribution >= 4 is 34.3 Å². The van der Waals surface area contributed by atoms with Gasteiger partial charge in [0.25, 0.3) is 0 Å². The first-order valence-corrected chi connectivity index (χ1v) is 11.0. The van der Waals surface area contributed by atoms with E-state index in [0.717, 1.165) is 68.0 Å². The van der Waals surface area contributed by atoms with Gasteiger partial charge in [0.15, 0.2) is 17.0 Å². The van der Waals surface area contributed by atoms with Gasteiger partial charge in [-0.1, -0.05) is 0 Å². The summed E-state index contributed by atoms with van der Waals surface area (Å²) in [4.78, 5) is 18.7. The second-order valence-corrected chi connectivity index (χ2v) is 8.14. The molecule has 2 fully saturated rings. The quantitative estimate of drug-likeness (QED) is 0.671. The number of ether oxygens (including phenoxy) is 2. The van der Waals surface area contributed by atoms with Gasteiger partial charge in [-0.3, -0.25) is 4.57 Å². The highest BCUT2D eigenvalue weighted by Gasteiger charge is 2.23. The Labute approximate surface area is 182 Å². The van der Waals surface area contributed by atoms with Gasteiger partial charge >= 0.3 is 0 Å². The number of rotatable bonds is 5. The maximum Gasteiger partial charge on any atom is 0.208 e. The molecule has 9 heteroatoms.